The highest BCUT2D eigenvalue weighted by molar-refractivity contribution is 7.90. The molecule has 0 unspecified atom stereocenters. The molecule has 30 heavy (non-hydrogen) atoms. The van der Waals surface area contributed by atoms with Crippen LogP contribution in [0.2, 0.25) is 0 Å². The number of hydrogen-bond donors (Lipinski definition) is 0. The van der Waals surface area contributed by atoms with E-state index >= 15 is 0 Å². The molecular weight excluding hydrogens is 396 g/mol. The molecule has 0 radical (unpaired) electrons. The van der Waals surface area contributed by atoms with Crippen LogP contribution in [0.4, 0.5) is 0 Å². The average Bonchev–Trinajstić information content (AvgIpc) is 3.04. The van der Waals surface area contributed by atoms with E-state index in [1.54, 1.807) is 0 Å². The van der Waals surface area contributed by atoms with Crippen molar-refractivity contribution in [2.24, 2.45) is 0 Å². The average molecular weight is 425 g/mol. The molecular formula is C25H28O4S. The van der Waals surface area contributed by atoms with E-state index in [0.29, 0.717) is 6.61 Å². The van der Waals surface area contributed by atoms with Crippen LogP contribution >= 0.6 is 0 Å². The van der Waals surface area contributed by atoms with Crippen molar-refractivity contribution in [2.75, 3.05) is 12.0 Å². The van der Waals surface area contributed by atoms with Gasteiger partial charge >= 0.3 is 0 Å². The molecule has 0 fully saturated rings. The monoisotopic (exact) mass is 424 g/mol. The summed E-state index contributed by atoms with van der Waals surface area (Å²) >= 11 is 0. The molecule has 4 nitrogen and oxygen atoms in total. The second-order valence-corrected chi connectivity index (χ2v) is 9.93. The van der Waals surface area contributed by atoms with Gasteiger partial charge in [-0.2, -0.15) is 0 Å². The van der Waals surface area contributed by atoms with Crippen LogP contribution in [0.15, 0.2) is 34.7 Å². The van der Waals surface area contributed by atoms with Crippen molar-refractivity contribution >= 4 is 20.8 Å². The summed E-state index contributed by atoms with van der Waals surface area (Å²) in [5, 5.41) is 0.934. The Morgan fingerprint density at radius 2 is 1.80 bits per heavy atom. The molecule has 2 aromatic carbocycles. The SMILES string of the molecule is CCCc1ccc(OCc2cc(C#CCS(C)(=O)=O)cc3cc(C)oc23)c(C)c1C. The standard InChI is InChI=1S/C25H28O4S/c1-6-8-21-10-11-24(19(4)18(21)3)28-16-23-15-20(9-7-12-30(5,26)27)14-22-13-17(2)29-25(22)23/h10-11,13-15H,6,8,12,16H2,1-5H3. The van der Waals surface area contributed by atoms with Gasteiger partial charge in [0.15, 0.2) is 9.84 Å². The van der Waals surface area contributed by atoms with E-state index in [1.807, 2.05) is 31.2 Å². The first kappa shape index (κ1) is 22.0. The van der Waals surface area contributed by atoms with Gasteiger partial charge in [-0.1, -0.05) is 31.3 Å². The molecule has 0 spiro atoms. The molecule has 1 heterocycles. The fourth-order valence-corrected chi connectivity index (χ4v) is 3.84. The van der Waals surface area contributed by atoms with Crippen LogP contribution in [-0.4, -0.2) is 20.4 Å². The quantitative estimate of drug-likeness (QED) is 0.505. The van der Waals surface area contributed by atoms with Crippen LogP contribution in [0.1, 0.15) is 46.9 Å². The van der Waals surface area contributed by atoms with Crippen LogP contribution in [-0.2, 0) is 22.9 Å². The molecule has 0 saturated heterocycles. The Kier molecular flexibility index (Phi) is 6.58. The van der Waals surface area contributed by atoms with Crippen molar-refractivity contribution in [3.8, 4) is 17.6 Å². The van der Waals surface area contributed by atoms with Gasteiger partial charge in [-0.05, 0) is 68.1 Å². The molecule has 0 N–H and O–H groups in total. The highest BCUT2D eigenvalue weighted by atomic mass is 32.2. The first-order valence-corrected chi connectivity index (χ1v) is 12.2. The van der Waals surface area contributed by atoms with Crippen LogP contribution in [0, 0.1) is 32.6 Å². The van der Waals surface area contributed by atoms with E-state index in [1.165, 1.54) is 17.4 Å². The van der Waals surface area contributed by atoms with Crippen molar-refractivity contribution in [2.45, 2.75) is 47.1 Å². The Morgan fingerprint density at radius 1 is 1.03 bits per heavy atom. The number of ether oxygens (including phenoxy) is 1. The van der Waals surface area contributed by atoms with Gasteiger partial charge in [-0.15, -0.1) is 0 Å². The Morgan fingerprint density at radius 3 is 2.50 bits per heavy atom. The third-order valence-electron chi connectivity index (χ3n) is 5.14. The summed E-state index contributed by atoms with van der Waals surface area (Å²) < 4.78 is 34.7. The first-order valence-electron chi connectivity index (χ1n) is 10.1. The summed E-state index contributed by atoms with van der Waals surface area (Å²) in [5.74, 6) is 7.20. The first-order chi connectivity index (χ1) is 14.2. The third kappa shape index (κ3) is 5.25. The minimum absolute atomic E-state index is 0.163. The number of benzene rings is 2. The van der Waals surface area contributed by atoms with Crippen LogP contribution < -0.4 is 4.74 Å². The Labute approximate surface area is 179 Å². The van der Waals surface area contributed by atoms with Gasteiger partial charge in [0.1, 0.15) is 29.5 Å². The normalized spacial score (nSPS) is 11.4. The van der Waals surface area contributed by atoms with Crippen molar-refractivity contribution in [3.05, 3.63) is 63.9 Å². The van der Waals surface area contributed by atoms with Gasteiger partial charge in [0.05, 0.1) is 0 Å². The van der Waals surface area contributed by atoms with E-state index in [9.17, 15) is 8.42 Å². The smallest absolute Gasteiger partial charge is 0.158 e. The zero-order valence-electron chi connectivity index (χ0n) is 18.3. The Bertz CT molecular complexity index is 1240. The predicted octanol–water partition coefficient (Wildman–Crippen LogP) is 5.29. The molecule has 0 saturated carbocycles. The second kappa shape index (κ2) is 8.97. The number of furan rings is 1. The zero-order chi connectivity index (χ0) is 21.9. The van der Waals surface area contributed by atoms with Crippen LogP contribution in [0.5, 0.6) is 5.75 Å². The van der Waals surface area contributed by atoms with Crippen molar-refractivity contribution in [3.63, 3.8) is 0 Å². The van der Waals surface area contributed by atoms with Gasteiger partial charge in [-0.25, -0.2) is 8.42 Å². The molecule has 0 bridgehead atoms. The second-order valence-electron chi connectivity index (χ2n) is 7.79. The van der Waals surface area contributed by atoms with Gasteiger partial charge in [0, 0.05) is 22.8 Å². The summed E-state index contributed by atoms with van der Waals surface area (Å²) in [7, 11) is -3.12. The van der Waals surface area contributed by atoms with E-state index in [0.717, 1.165) is 52.0 Å². The predicted molar refractivity (Wildman–Crippen MR) is 122 cm³/mol. The van der Waals surface area contributed by atoms with Gasteiger partial charge in [0.2, 0.25) is 0 Å². The molecule has 5 heteroatoms. The van der Waals surface area contributed by atoms with Gasteiger partial charge in [-0.3, -0.25) is 0 Å². The number of hydrogen-bond acceptors (Lipinski definition) is 4. The number of fused-ring (bicyclic) bond motifs is 1. The van der Waals surface area contributed by atoms with E-state index in [2.05, 4.69) is 38.7 Å². The third-order valence-corrected chi connectivity index (χ3v) is 5.80. The fraction of sp³-hybridized carbons (Fsp3) is 0.360. The summed E-state index contributed by atoms with van der Waals surface area (Å²) in [5.41, 5.74) is 6.19. The molecule has 3 rings (SSSR count). The van der Waals surface area contributed by atoms with Gasteiger partial charge < -0.3 is 9.15 Å². The lowest BCUT2D eigenvalue weighted by Crippen LogP contribution is -2.01. The minimum Gasteiger partial charge on any atom is -0.488 e. The Hall–Kier alpha value is -2.71. The number of rotatable bonds is 6. The lowest BCUT2D eigenvalue weighted by molar-refractivity contribution is 0.303. The molecule has 1 aromatic heterocycles. The maximum atomic E-state index is 11.4. The molecule has 0 amide bonds. The summed E-state index contributed by atoms with van der Waals surface area (Å²) in [6.45, 7) is 8.66. The van der Waals surface area contributed by atoms with E-state index in [-0.39, 0.29) is 5.75 Å². The largest absolute Gasteiger partial charge is 0.488 e. The topological polar surface area (TPSA) is 56.5 Å². The number of sulfone groups is 1. The summed E-state index contributed by atoms with van der Waals surface area (Å²) in [6.07, 6.45) is 3.36. The van der Waals surface area contributed by atoms with Crippen LogP contribution in [0.3, 0.4) is 0 Å². The molecule has 0 atom stereocenters. The summed E-state index contributed by atoms with van der Waals surface area (Å²) in [4.78, 5) is 0. The maximum Gasteiger partial charge on any atom is 0.158 e. The van der Waals surface area contributed by atoms with Crippen molar-refractivity contribution in [1.29, 1.82) is 0 Å². The molecule has 3 aromatic rings. The molecule has 0 aliphatic rings. The fourth-order valence-electron chi connectivity index (χ4n) is 3.51. The van der Waals surface area contributed by atoms with Crippen molar-refractivity contribution < 1.29 is 17.6 Å². The lowest BCUT2D eigenvalue weighted by Gasteiger charge is -2.14. The Balaban J connectivity index is 1.91. The minimum atomic E-state index is -3.12. The molecule has 0 aliphatic carbocycles. The maximum absolute atomic E-state index is 11.4. The highest BCUT2D eigenvalue weighted by Gasteiger charge is 2.12. The van der Waals surface area contributed by atoms with Crippen molar-refractivity contribution in [1.82, 2.24) is 0 Å². The van der Waals surface area contributed by atoms with E-state index < -0.39 is 9.84 Å². The van der Waals surface area contributed by atoms with Crippen LogP contribution in [0.25, 0.3) is 11.0 Å². The molecule has 158 valence electrons. The zero-order valence-corrected chi connectivity index (χ0v) is 19.1. The summed E-state index contributed by atoms with van der Waals surface area (Å²) in [6, 6.07) is 9.96. The highest BCUT2D eigenvalue weighted by Crippen LogP contribution is 2.29. The number of aryl methyl sites for hydroxylation is 2. The van der Waals surface area contributed by atoms with Gasteiger partial charge in [0.25, 0.3) is 0 Å². The lowest BCUT2D eigenvalue weighted by atomic mass is 9.99. The van der Waals surface area contributed by atoms with E-state index in [4.69, 9.17) is 9.15 Å². The molecule has 0 aliphatic heterocycles.